The van der Waals surface area contributed by atoms with E-state index in [1.165, 1.54) is 18.2 Å². The molecule has 2 N–H and O–H groups in total. The van der Waals surface area contributed by atoms with Gasteiger partial charge in [-0.2, -0.15) is 5.10 Å². The van der Waals surface area contributed by atoms with Gasteiger partial charge in [0.2, 0.25) is 0 Å². The van der Waals surface area contributed by atoms with Crippen LogP contribution >= 0.6 is 24.0 Å². The van der Waals surface area contributed by atoms with Crippen molar-refractivity contribution in [3.8, 4) is 17.1 Å². The van der Waals surface area contributed by atoms with E-state index in [0.717, 1.165) is 29.6 Å². The van der Waals surface area contributed by atoms with Gasteiger partial charge in [-0.25, -0.2) is 14.4 Å². The average Bonchev–Trinajstić information content (AvgIpc) is 3.01. The Morgan fingerprint density at radius 1 is 1.13 bits per heavy atom. The van der Waals surface area contributed by atoms with Crippen molar-refractivity contribution >= 4 is 46.5 Å². The third-order valence-corrected chi connectivity index (χ3v) is 4.85. The smallest absolute Gasteiger partial charge is 0.162 e. The van der Waals surface area contributed by atoms with Crippen LogP contribution in [0.25, 0.3) is 22.4 Å². The summed E-state index contributed by atoms with van der Waals surface area (Å²) in [6.45, 7) is 2.08. The molecule has 0 aliphatic carbocycles. The van der Waals surface area contributed by atoms with Crippen molar-refractivity contribution in [3.63, 3.8) is 0 Å². The zero-order chi connectivity index (χ0) is 20.5. The molecule has 2 heterocycles. The van der Waals surface area contributed by atoms with Crippen molar-refractivity contribution in [1.29, 1.82) is 0 Å². The SMILES string of the molecule is CCCc1nn(C)c2c(Nc3ccc(O)c(Cl)c3)nc(-c3ccc(F)cc3)nc12.Cl. The van der Waals surface area contributed by atoms with Crippen LogP contribution < -0.4 is 5.32 Å². The van der Waals surface area contributed by atoms with Crippen LogP contribution in [0.5, 0.6) is 5.75 Å². The van der Waals surface area contributed by atoms with Crippen LogP contribution in [0.15, 0.2) is 42.5 Å². The Morgan fingerprint density at radius 2 is 1.87 bits per heavy atom. The molecule has 2 aromatic carbocycles. The zero-order valence-corrected chi connectivity index (χ0v) is 17.9. The van der Waals surface area contributed by atoms with Gasteiger partial charge in [-0.1, -0.05) is 24.9 Å². The summed E-state index contributed by atoms with van der Waals surface area (Å²) in [7, 11) is 1.84. The highest BCUT2D eigenvalue weighted by molar-refractivity contribution is 6.32. The van der Waals surface area contributed by atoms with E-state index in [2.05, 4.69) is 22.3 Å². The van der Waals surface area contributed by atoms with E-state index in [1.807, 2.05) is 7.05 Å². The van der Waals surface area contributed by atoms with Gasteiger partial charge in [0.1, 0.15) is 22.6 Å². The van der Waals surface area contributed by atoms with Crippen molar-refractivity contribution in [1.82, 2.24) is 19.7 Å². The maximum Gasteiger partial charge on any atom is 0.162 e. The average molecular weight is 448 g/mol. The maximum atomic E-state index is 13.4. The first-order chi connectivity index (χ1) is 14.0. The van der Waals surface area contributed by atoms with E-state index in [0.29, 0.717) is 22.9 Å². The monoisotopic (exact) mass is 447 g/mol. The molecular formula is C21H20Cl2FN5O. The highest BCUT2D eigenvalue weighted by Gasteiger charge is 2.18. The van der Waals surface area contributed by atoms with Gasteiger partial charge in [0.05, 0.1) is 10.7 Å². The summed E-state index contributed by atoms with van der Waals surface area (Å²) in [5, 5.41) is 17.8. The van der Waals surface area contributed by atoms with E-state index >= 15 is 0 Å². The second kappa shape index (κ2) is 8.85. The largest absolute Gasteiger partial charge is 0.506 e. The van der Waals surface area contributed by atoms with Gasteiger partial charge < -0.3 is 10.4 Å². The lowest BCUT2D eigenvalue weighted by atomic mass is 10.2. The number of anilines is 2. The van der Waals surface area contributed by atoms with Gasteiger partial charge in [-0.05, 0) is 48.9 Å². The second-order valence-electron chi connectivity index (χ2n) is 6.71. The van der Waals surface area contributed by atoms with Crippen LogP contribution in [0.2, 0.25) is 5.02 Å². The Bertz CT molecular complexity index is 1190. The van der Waals surface area contributed by atoms with Crippen LogP contribution in [0.1, 0.15) is 19.0 Å². The fourth-order valence-electron chi connectivity index (χ4n) is 3.18. The van der Waals surface area contributed by atoms with Crippen molar-refractivity contribution in [2.24, 2.45) is 7.05 Å². The summed E-state index contributed by atoms with van der Waals surface area (Å²) in [5.74, 6) is 0.700. The normalized spacial score (nSPS) is 10.8. The van der Waals surface area contributed by atoms with Crippen LogP contribution in [-0.2, 0) is 13.5 Å². The quantitative estimate of drug-likeness (QED) is 0.386. The van der Waals surface area contributed by atoms with E-state index in [1.54, 1.807) is 28.9 Å². The third-order valence-electron chi connectivity index (χ3n) is 4.55. The molecule has 0 aliphatic heterocycles. The number of benzene rings is 2. The van der Waals surface area contributed by atoms with Gasteiger partial charge in [0.15, 0.2) is 11.6 Å². The molecule has 156 valence electrons. The first-order valence-corrected chi connectivity index (χ1v) is 9.59. The Balaban J connectivity index is 0.00000256. The molecule has 0 bridgehead atoms. The molecule has 0 unspecified atom stereocenters. The fourth-order valence-corrected chi connectivity index (χ4v) is 3.36. The van der Waals surface area contributed by atoms with Crippen molar-refractivity contribution in [2.75, 3.05) is 5.32 Å². The number of nitrogens with one attached hydrogen (secondary N) is 1. The molecule has 0 spiro atoms. The van der Waals surface area contributed by atoms with Crippen molar-refractivity contribution < 1.29 is 9.50 Å². The van der Waals surface area contributed by atoms with Gasteiger partial charge in [-0.15, -0.1) is 12.4 Å². The van der Waals surface area contributed by atoms with Crippen LogP contribution in [0, 0.1) is 5.82 Å². The lowest BCUT2D eigenvalue weighted by Crippen LogP contribution is -2.02. The molecule has 0 fully saturated rings. The molecule has 0 saturated heterocycles. The number of aromatic hydroxyl groups is 1. The minimum atomic E-state index is -0.319. The lowest BCUT2D eigenvalue weighted by molar-refractivity contribution is 0.475. The van der Waals surface area contributed by atoms with Crippen molar-refractivity contribution in [2.45, 2.75) is 19.8 Å². The number of aryl methyl sites for hydroxylation is 2. The number of hydrogen-bond acceptors (Lipinski definition) is 5. The molecule has 6 nitrogen and oxygen atoms in total. The van der Waals surface area contributed by atoms with Crippen LogP contribution in [0.4, 0.5) is 15.9 Å². The standard InChI is InChI=1S/C21H19ClFN5O.ClH/c1-3-4-16-18-19(28(2)27-16)21(24-14-9-10-17(29)15(22)11-14)26-20(25-18)12-5-7-13(23)8-6-12;/h5-11,29H,3-4H2,1-2H3,(H,24,25,26);1H. The highest BCUT2D eigenvalue weighted by Crippen LogP contribution is 2.32. The van der Waals surface area contributed by atoms with Crippen LogP contribution in [0.3, 0.4) is 0 Å². The molecular weight excluding hydrogens is 428 g/mol. The molecule has 0 atom stereocenters. The summed E-state index contributed by atoms with van der Waals surface area (Å²) < 4.78 is 15.1. The maximum absolute atomic E-state index is 13.4. The first-order valence-electron chi connectivity index (χ1n) is 9.21. The molecule has 4 aromatic rings. The molecule has 2 aromatic heterocycles. The second-order valence-corrected chi connectivity index (χ2v) is 7.12. The van der Waals surface area contributed by atoms with Crippen molar-refractivity contribution in [3.05, 3.63) is 59.0 Å². The molecule has 30 heavy (non-hydrogen) atoms. The van der Waals surface area contributed by atoms with Crippen LogP contribution in [-0.4, -0.2) is 24.9 Å². The Kier molecular flexibility index (Phi) is 6.43. The van der Waals surface area contributed by atoms with E-state index in [9.17, 15) is 9.50 Å². The predicted octanol–water partition coefficient (Wildman–Crippen LogP) is 5.65. The molecule has 0 aliphatic rings. The summed E-state index contributed by atoms with van der Waals surface area (Å²) in [5.41, 5.74) is 3.74. The molecule has 0 radical (unpaired) electrons. The number of rotatable bonds is 5. The summed E-state index contributed by atoms with van der Waals surface area (Å²) in [4.78, 5) is 9.40. The van der Waals surface area contributed by atoms with E-state index in [4.69, 9.17) is 16.6 Å². The Hall–Kier alpha value is -2.90. The number of fused-ring (bicyclic) bond motifs is 1. The molecule has 4 rings (SSSR count). The Morgan fingerprint density at radius 3 is 2.53 bits per heavy atom. The minimum Gasteiger partial charge on any atom is -0.506 e. The molecule has 9 heteroatoms. The topological polar surface area (TPSA) is 75.9 Å². The van der Waals surface area contributed by atoms with Gasteiger partial charge in [0, 0.05) is 18.3 Å². The summed E-state index contributed by atoms with van der Waals surface area (Å²) in [6.07, 6.45) is 1.71. The minimum absolute atomic E-state index is 0. The predicted molar refractivity (Wildman–Crippen MR) is 119 cm³/mol. The number of nitrogens with zero attached hydrogens (tertiary/aromatic N) is 4. The lowest BCUT2D eigenvalue weighted by Gasteiger charge is -2.11. The van der Waals surface area contributed by atoms with E-state index in [-0.39, 0.29) is 29.0 Å². The number of halogens is 3. The first kappa shape index (κ1) is 21.8. The van der Waals surface area contributed by atoms with Gasteiger partial charge in [-0.3, -0.25) is 4.68 Å². The number of hydrogen-bond donors (Lipinski definition) is 2. The summed E-state index contributed by atoms with van der Waals surface area (Å²) >= 11 is 6.04. The van der Waals surface area contributed by atoms with E-state index < -0.39 is 0 Å². The van der Waals surface area contributed by atoms with Gasteiger partial charge >= 0.3 is 0 Å². The third kappa shape index (κ3) is 4.17. The molecule has 0 amide bonds. The highest BCUT2D eigenvalue weighted by atomic mass is 35.5. The fraction of sp³-hybridized carbons (Fsp3) is 0.190. The molecule has 0 saturated carbocycles. The summed E-state index contributed by atoms with van der Waals surface area (Å²) in [6, 6.07) is 10.9. The number of aromatic nitrogens is 4. The van der Waals surface area contributed by atoms with Gasteiger partial charge in [0.25, 0.3) is 0 Å². The number of phenolic OH excluding ortho intramolecular Hbond substituents is 1. The Labute approximate surface area is 184 Å². The number of phenols is 1. The zero-order valence-electron chi connectivity index (χ0n) is 16.4.